The lowest BCUT2D eigenvalue weighted by atomic mass is 10.0. The molecule has 2 rings (SSSR count). The van der Waals surface area contributed by atoms with Crippen molar-refractivity contribution < 1.29 is 58.5 Å². The first-order valence-corrected chi connectivity index (χ1v) is 18.1. The Morgan fingerprint density at radius 3 is 1.95 bits per heavy atom. The van der Waals surface area contributed by atoms with Crippen LogP contribution in [0.25, 0.3) is 0 Å². The minimum Gasteiger partial charge on any atom is -0.481 e. The molecule has 0 unspecified atom stereocenters. The molecule has 11 N–H and O–H groups in total. The van der Waals surface area contributed by atoms with Crippen molar-refractivity contribution in [2.45, 2.75) is 101 Å². The van der Waals surface area contributed by atoms with E-state index in [1.165, 1.54) is 18.7 Å². The standard InChI is InChI=1S/C34H50N8O12S/c1-17(36-30(50)21(12-11-20-8-5-4-6-9-20)37-33(53)25-10-7-13-42(25)19(3)45)29(49)41-27(18(2)44)34(54)40-24(16-55)32(52)38-22(14-26(46)47)31(51)39-23(15-43)28(35)48/h4-6,8-9,17-18,21-25,27,43-44,55H,7,10-16H2,1-3H3,(H2,35,48)(H,36,50)(H,37,53)(H,38,52)(H,39,51)(H,40,54)(H,41,49)(H,46,47)/t17-,18+,21-,22-,23-,24-,25-,27-/m0/s1. The number of carboxylic acid groups (broad SMARTS) is 1. The largest absolute Gasteiger partial charge is 0.481 e. The Hall–Kier alpha value is -5.28. The zero-order valence-corrected chi connectivity index (χ0v) is 31.5. The Balaban J connectivity index is 2.13. The third-order valence-corrected chi connectivity index (χ3v) is 9.01. The van der Waals surface area contributed by atoms with Gasteiger partial charge in [-0.25, -0.2) is 0 Å². The molecule has 1 aromatic rings. The number of nitrogens with zero attached hydrogens (tertiary/aromatic N) is 1. The lowest BCUT2D eigenvalue weighted by Gasteiger charge is -2.28. The van der Waals surface area contributed by atoms with Gasteiger partial charge >= 0.3 is 5.97 Å². The predicted molar refractivity (Wildman–Crippen MR) is 196 cm³/mol. The summed E-state index contributed by atoms with van der Waals surface area (Å²) in [6.45, 7) is 3.30. The minimum absolute atomic E-state index is 0.136. The van der Waals surface area contributed by atoms with Crippen molar-refractivity contribution in [3.8, 4) is 0 Å². The van der Waals surface area contributed by atoms with Crippen LogP contribution >= 0.6 is 12.6 Å². The van der Waals surface area contributed by atoms with Crippen LogP contribution in [-0.2, 0) is 49.6 Å². The van der Waals surface area contributed by atoms with E-state index < -0.39 is 114 Å². The first kappa shape index (κ1) is 45.9. The van der Waals surface area contributed by atoms with Crippen LogP contribution in [0.4, 0.5) is 0 Å². The maximum Gasteiger partial charge on any atom is 0.305 e. The molecular weight excluding hydrogens is 744 g/mol. The SMILES string of the molecule is CC(=O)N1CCC[C@H]1C(=O)N[C@@H](CCc1ccccc1)C(=O)N[C@@H](C)C(=O)N[C@H](C(=O)N[C@@H](CS)C(=O)N[C@@H](CC(=O)O)C(=O)N[C@@H](CO)C(N)=O)[C@@H](C)O. The molecule has 55 heavy (non-hydrogen) atoms. The van der Waals surface area contributed by atoms with Crippen LogP contribution < -0.4 is 37.6 Å². The molecule has 0 bridgehead atoms. The number of benzene rings is 1. The van der Waals surface area contributed by atoms with Crippen LogP contribution in [0.1, 0.15) is 52.0 Å². The molecular formula is C34H50N8O12S. The number of carbonyl (C=O) groups excluding carboxylic acids is 8. The summed E-state index contributed by atoms with van der Waals surface area (Å²) in [6.07, 6.45) is -0.985. The number of aryl methyl sites for hydroxylation is 1. The first-order valence-electron chi connectivity index (χ1n) is 17.4. The van der Waals surface area contributed by atoms with Crippen LogP contribution in [0.5, 0.6) is 0 Å². The topological polar surface area (TPSA) is 316 Å². The summed E-state index contributed by atoms with van der Waals surface area (Å²) in [6, 6.07) is -0.693. The number of aliphatic hydroxyl groups excluding tert-OH is 2. The van der Waals surface area contributed by atoms with E-state index in [2.05, 4.69) is 39.2 Å². The number of carboxylic acids is 1. The number of rotatable bonds is 21. The fourth-order valence-corrected chi connectivity index (χ4v) is 5.82. The second-order valence-corrected chi connectivity index (χ2v) is 13.3. The Bertz CT molecular complexity index is 1570. The summed E-state index contributed by atoms with van der Waals surface area (Å²) in [5.74, 6) is -8.91. The lowest BCUT2D eigenvalue weighted by Crippen LogP contribution is -2.62. The van der Waals surface area contributed by atoms with Crippen molar-refractivity contribution in [3.63, 3.8) is 0 Å². The van der Waals surface area contributed by atoms with Gasteiger partial charge in [0, 0.05) is 19.2 Å². The maximum absolute atomic E-state index is 13.5. The summed E-state index contributed by atoms with van der Waals surface area (Å²) >= 11 is 4.02. The fourth-order valence-electron chi connectivity index (χ4n) is 5.56. The number of nitrogens with two attached hydrogens (primary N) is 1. The average Bonchev–Trinajstić information content (AvgIpc) is 3.63. The van der Waals surface area contributed by atoms with E-state index in [0.29, 0.717) is 25.8 Å². The molecule has 8 amide bonds. The van der Waals surface area contributed by atoms with Crippen LogP contribution in [0, 0.1) is 0 Å². The molecule has 0 aliphatic carbocycles. The van der Waals surface area contributed by atoms with E-state index in [1.807, 2.05) is 35.6 Å². The van der Waals surface area contributed by atoms with Gasteiger partial charge in [0.2, 0.25) is 47.3 Å². The van der Waals surface area contributed by atoms with Crippen LogP contribution in [0.3, 0.4) is 0 Å². The minimum atomic E-state index is -1.79. The molecule has 304 valence electrons. The van der Waals surface area contributed by atoms with Crippen molar-refractivity contribution in [1.82, 2.24) is 36.8 Å². The number of aliphatic carboxylic acids is 1. The summed E-state index contributed by atoms with van der Waals surface area (Å²) < 4.78 is 0. The van der Waals surface area contributed by atoms with E-state index in [0.717, 1.165) is 12.5 Å². The van der Waals surface area contributed by atoms with E-state index in [1.54, 1.807) is 0 Å². The molecule has 0 aromatic heterocycles. The zero-order chi connectivity index (χ0) is 41.4. The highest BCUT2D eigenvalue weighted by atomic mass is 32.1. The summed E-state index contributed by atoms with van der Waals surface area (Å²) in [5, 5.41) is 42.8. The number of aliphatic hydroxyl groups is 2. The molecule has 1 fully saturated rings. The molecule has 1 aliphatic heterocycles. The monoisotopic (exact) mass is 794 g/mol. The second kappa shape index (κ2) is 22.2. The number of nitrogens with one attached hydrogen (secondary N) is 6. The van der Waals surface area contributed by atoms with Crippen molar-refractivity contribution in [2.75, 3.05) is 18.9 Å². The summed E-state index contributed by atoms with van der Waals surface area (Å²) in [4.78, 5) is 115. The van der Waals surface area contributed by atoms with Gasteiger partial charge in [-0.05, 0) is 45.1 Å². The third-order valence-electron chi connectivity index (χ3n) is 8.64. The number of thiol groups is 1. The van der Waals surface area contributed by atoms with Crippen molar-refractivity contribution in [1.29, 1.82) is 0 Å². The van der Waals surface area contributed by atoms with Gasteiger partial charge in [0.05, 0.1) is 19.1 Å². The molecule has 1 saturated heterocycles. The van der Waals surface area contributed by atoms with Crippen LogP contribution in [-0.4, -0.2) is 141 Å². The Kier molecular flexibility index (Phi) is 18.5. The predicted octanol–water partition coefficient (Wildman–Crippen LogP) is -4.18. The quantitative estimate of drug-likeness (QED) is 0.0529. The van der Waals surface area contributed by atoms with E-state index in [9.17, 15) is 58.5 Å². The van der Waals surface area contributed by atoms with Crippen molar-refractivity contribution in [2.24, 2.45) is 5.73 Å². The second-order valence-electron chi connectivity index (χ2n) is 13.0. The Morgan fingerprint density at radius 2 is 1.40 bits per heavy atom. The van der Waals surface area contributed by atoms with Gasteiger partial charge in [0.25, 0.3) is 0 Å². The summed E-state index contributed by atoms with van der Waals surface area (Å²) in [7, 11) is 0. The van der Waals surface area contributed by atoms with E-state index in [-0.39, 0.29) is 12.3 Å². The molecule has 0 spiro atoms. The van der Waals surface area contributed by atoms with Crippen LogP contribution in [0.15, 0.2) is 30.3 Å². The normalized spacial score (nSPS) is 17.5. The highest BCUT2D eigenvalue weighted by molar-refractivity contribution is 7.80. The van der Waals surface area contributed by atoms with Crippen molar-refractivity contribution in [3.05, 3.63) is 35.9 Å². The fraction of sp³-hybridized carbons (Fsp3) is 0.559. The Morgan fingerprint density at radius 1 is 0.818 bits per heavy atom. The smallest absolute Gasteiger partial charge is 0.305 e. The third kappa shape index (κ3) is 14.5. The highest BCUT2D eigenvalue weighted by Gasteiger charge is 2.36. The average molecular weight is 795 g/mol. The van der Waals surface area contributed by atoms with Gasteiger partial charge in [0.15, 0.2) is 0 Å². The number of hydrogen-bond acceptors (Lipinski definition) is 12. The van der Waals surface area contributed by atoms with Gasteiger partial charge in [-0.1, -0.05) is 30.3 Å². The maximum atomic E-state index is 13.5. The van der Waals surface area contributed by atoms with Gasteiger partial charge in [-0.2, -0.15) is 12.6 Å². The zero-order valence-electron chi connectivity index (χ0n) is 30.7. The van der Waals surface area contributed by atoms with Gasteiger partial charge in [0.1, 0.15) is 42.3 Å². The molecule has 1 heterocycles. The summed E-state index contributed by atoms with van der Waals surface area (Å²) in [5.41, 5.74) is 5.96. The number of hydrogen-bond donors (Lipinski definition) is 11. The van der Waals surface area contributed by atoms with E-state index in [4.69, 9.17) is 5.73 Å². The number of likely N-dealkylation sites (tertiary alicyclic amines) is 1. The molecule has 21 heteroatoms. The molecule has 1 aliphatic rings. The number of amides is 8. The van der Waals surface area contributed by atoms with Gasteiger partial charge in [-0.15, -0.1) is 0 Å². The Labute approximate surface area is 322 Å². The molecule has 1 aromatic carbocycles. The molecule has 0 saturated carbocycles. The lowest BCUT2D eigenvalue weighted by molar-refractivity contribution is -0.141. The van der Waals surface area contributed by atoms with E-state index >= 15 is 0 Å². The molecule has 20 nitrogen and oxygen atoms in total. The molecule has 8 atom stereocenters. The van der Waals surface area contributed by atoms with Gasteiger partial charge in [-0.3, -0.25) is 43.2 Å². The van der Waals surface area contributed by atoms with Gasteiger partial charge < -0.3 is 57.9 Å². The number of carbonyl (C=O) groups is 9. The molecule has 0 radical (unpaired) electrons. The van der Waals surface area contributed by atoms with Crippen molar-refractivity contribution >= 4 is 65.9 Å². The number of primary amides is 1. The van der Waals surface area contributed by atoms with Crippen LogP contribution in [0.2, 0.25) is 0 Å². The first-order chi connectivity index (χ1) is 25.9. The highest BCUT2D eigenvalue weighted by Crippen LogP contribution is 2.18.